The lowest BCUT2D eigenvalue weighted by Crippen LogP contribution is -2.24. The van der Waals surface area contributed by atoms with Crippen LogP contribution in [0.15, 0.2) is 83.9 Å². The molecule has 0 saturated carbocycles. The molecule has 30 heavy (non-hydrogen) atoms. The number of carbonyl (C=O) groups excluding carboxylic acids is 1. The first-order chi connectivity index (χ1) is 14.3. The van der Waals surface area contributed by atoms with Crippen LogP contribution in [-0.4, -0.2) is 33.3 Å². The summed E-state index contributed by atoms with van der Waals surface area (Å²) in [5.74, 6) is -0.644. The molecule has 152 valence electrons. The van der Waals surface area contributed by atoms with Crippen LogP contribution in [0, 0.1) is 0 Å². The van der Waals surface area contributed by atoms with Crippen molar-refractivity contribution in [2.24, 2.45) is 4.99 Å². The first kappa shape index (κ1) is 19.8. The van der Waals surface area contributed by atoms with Crippen LogP contribution in [0.2, 0.25) is 0 Å². The minimum absolute atomic E-state index is 0.118. The molecule has 6 nitrogen and oxygen atoms in total. The number of anilines is 2. The van der Waals surface area contributed by atoms with Crippen LogP contribution in [0.4, 0.5) is 17.1 Å². The summed E-state index contributed by atoms with van der Waals surface area (Å²) in [6.07, 6.45) is 1.16. The van der Waals surface area contributed by atoms with Crippen LogP contribution in [0.1, 0.15) is 17.0 Å². The highest BCUT2D eigenvalue weighted by Gasteiger charge is 2.35. The Kier molecular flexibility index (Phi) is 5.13. The molecule has 0 radical (unpaired) electrons. The molecule has 1 amide bonds. The number of carbonyl (C=O) groups is 1. The van der Waals surface area contributed by atoms with Crippen LogP contribution in [0.3, 0.4) is 0 Å². The minimum atomic E-state index is -3.34. The Bertz CT molecular complexity index is 1220. The maximum Gasteiger partial charge on any atom is 0.238 e. The number of aliphatic imine (C=N–C) groups is 1. The van der Waals surface area contributed by atoms with Gasteiger partial charge >= 0.3 is 0 Å². The van der Waals surface area contributed by atoms with Crippen LogP contribution in [0.5, 0.6) is 0 Å². The first-order valence-electron chi connectivity index (χ1n) is 9.42. The molecule has 7 heteroatoms. The van der Waals surface area contributed by atoms with Gasteiger partial charge in [0.1, 0.15) is 5.92 Å². The number of para-hydroxylation sites is 1. The van der Waals surface area contributed by atoms with Gasteiger partial charge in [0.15, 0.2) is 0 Å². The zero-order valence-corrected chi connectivity index (χ0v) is 17.4. The fraction of sp³-hybridized carbons (Fsp3) is 0.130. The fourth-order valence-corrected chi connectivity index (χ4v) is 3.96. The molecule has 3 aromatic rings. The van der Waals surface area contributed by atoms with Crippen molar-refractivity contribution in [3.05, 3.63) is 90.0 Å². The minimum Gasteiger partial charge on any atom is -0.325 e. The number of hydrogen-bond acceptors (Lipinski definition) is 4. The SMILES string of the molecule is CN(c1ccc(N=C(c2ccccc2)C2C(=O)Nc3ccccc32)cc1)S(C)(=O)=O. The van der Waals surface area contributed by atoms with Gasteiger partial charge in [0, 0.05) is 12.7 Å². The Morgan fingerprint density at radius 3 is 2.23 bits per heavy atom. The fourth-order valence-electron chi connectivity index (χ4n) is 3.45. The molecule has 0 spiro atoms. The number of rotatable bonds is 5. The van der Waals surface area contributed by atoms with E-state index in [4.69, 9.17) is 4.99 Å². The Labute approximate surface area is 175 Å². The normalized spacial score (nSPS) is 16.1. The summed E-state index contributed by atoms with van der Waals surface area (Å²) in [6.45, 7) is 0. The summed E-state index contributed by atoms with van der Waals surface area (Å²) < 4.78 is 24.7. The van der Waals surface area contributed by atoms with Gasteiger partial charge in [0.05, 0.1) is 23.3 Å². The van der Waals surface area contributed by atoms with Gasteiger partial charge in [-0.1, -0.05) is 48.5 Å². The molecule has 3 aromatic carbocycles. The number of nitrogens with zero attached hydrogens (tertiary/aromatic N) is 2. The molecule has 0 fully saturated rings. The third-order valence-corrected chi connectivity index (χ3v) is 6.30. The third-order valence-electron chi connectivity index (χ3n) is 5.10. The number of amides is 1. The molecule has 4 rings (SSSR count). The zero-order valence-electron chi connectivity index (χ0n) is 16.6. The van der Waals surface area contributed by atoms with E-state index in [1.807, 2.05) is 54.6 Å². The molecule has 1 aliphatic heterocycles. The van der Waals surface area contributed by atoms with Gasteiger partial charge in [-0.3, -0.25) is 14.1 Å². The second-order valence-electron chi connectivity index (χ2n) is 7.12. The number of nitrogens with one attached hydrogen (secondary N) is 1. The van der Waals surface area contributed by atoms with Crippen molar-refractivity contribution in [2.45, 2.75) is 5.92 Å². The Morgan fingerprint density at radius 1 is 0.933 bits per heavy atom. The Balaban J connectivity index is 1.79. The smallest absolute Gasteiger partial charge is 0.238 e. The number of fused-ring (bicyclic) bond motifs is 1. The molecule has 0 bridgehead atoms. The highest BCUT2D eigenvalue weighted by molar-refractivity contribution is 7.92. The molecule has 1 aliphatic rings. The highest BCUT2D eigenvalue weighted by Crippen LogP contribution is 2.36. The van der Waals surface area contributed by atoms with E-state index in [9.17, 15) is 13.2 Å². The molecule has 0 aromatic heterocycles. The van der Waals surface area contributed by atoms with Gasteiger partial charge in [0.25, 0.3) is 0 Å². The van der Waals surface area contributed by atoms with Gasteiger partial charge in [0.2, 0.25) is 15.9 Å². The van der Waals surface area contributed by atoms with Gasteiger partial charge in [-0.2, -0.15) is 0 Å². The standard InChI is InChI=1S/C23H21N3O3S/c1-26(30(2,28)29)18-14-12-17(13-15-18)24-22(16-8-4-3-5-9-16)21-19-10-6-7-11-20(19)25-23(21)27/h3-15,21H,1-2H3,(H,25,27). The van der Waals surface area contributed by atoms with Crippen molar-refractivity contribution < 1.29 is 13.2 Å². The molecule has 1 atom stereocenters. The van der Waals surface area contributed by atoms with Crippen LogP contribution in [-0.2, 0) is 14.8 Å². The van der Waals surface area contributed by atoms with E-state index < -0.39 is 15.9 Å². The Hall–Kier alpha value is -3.45. The van der Waals surface area contributed by atoms with Crippen molar-refractivity contribution >= 4 is 38.7 Å². The molecular formula is C23H21N3O3S. The predicted octanol–water partition coefficient (Wildman–Crippen LogP) is 3.94. The number of benzene rings is 3. The Morgan fingerprint density at radius 2 is 1.57 bits per heavy atom. The summed E-state index contributed by atoms with van der Waals surface area (Å²) >= 11 is 0. The lowest BCUT2D eigenvalue weighted by atomic mass is 9.90. The monoisotopic (exact) mass is 419 g/mol. The second kappa shape index (κ2) is 7.76. The van der Waals surface area contributed by atoms with Gasteiger partial charge in [-0.25, -0.2) is 8.42 Å². The van der Waals surface area contributed by atoms with E-state index in [0.29, 0.717) is 17.1 Å². The molecule has 1 N–H and O–H groups in total. The summed E-state index contributed by atoms with van der Waals surface area (Å²) in [4.78, 5) is 17.6. The van der Waals surface area contributed by atoms with Crippen molar-refractivity contribution in [2.75, 3.05) is 22.9 Å². The average molecular weight is 420 g/mol. The van der Waals surface area contributed by atoms with Gasteiger partial charge < -0.3 is 5.32 Å². The molecule has 1 heterocycles. The number of hydrogen-bond donors (Lipinski definition) is 1. The van der Waals surface area contributed by atoms with Crippen molar-refractivity contribution in [3.8, 4) is 0 Å². The van der Waals surface area contributed by atoms with Crippen molar-refractivity contribution in [1.29, 1.82) is 0 Å². The summed E-state index contributed by atoms with van der Waals surface area (Å²) in [7, 11) is -1.84. The van der Waals surface area contributed by atoms with Crippen LogP contribution < -0.4 is 9.62 Å². The van der Waals surface area contributed by atoms with Crippen LogP contribution >= 0.6 is 0 Å². The van der Waals surface area contributed by atoms with Crippen molar-refractivity contribution in [3.63, 3.8) is 0 Å². The van der Waals surface area contributed by atoms with E-state index in [2.05, 4.69) is 5.32 Å². The zero-order chi connectivity index (χ0) is 21.3. The first-order valence-corrected chi connectivity index (χ1v) is 11.3. The molecule has 0 aliphatic carbocycles. The lowest BCUT2D eigenvalue weighted by molar-refractivity contribution is -0.115. The van der Waals surface area contributed by atoms with E-state index in [0.717, 1.165) is 23.1 Å². The van der Waals surface area contributed by atoms with E-state index in [1.54, 1.807) is 24.3 Å². The molecular weight excluding hydrogens is 398 g/mol. The topological polar surface area (TPSA) is 78.8 Å². The summed E-state index contributed by atoms with van der Waals surface area (Å²) in [6, 6.07) is 24.1. The average Bonchev–Trinajstić information content (AvgIpc) is 3.07. The quantitative estimate of drug-likeness (QED) is 0.636. The predicted molar refractivity (Wildman–Crippen MR) is 120 cm³/mol. The van der Waals surface area contributed by atoms with E-state index in [1.165, 1.54) is 11.4 Å². The molecule has 1 unspecified atom stereocenters. The summed E-state index contributed by atoms with van der Waals surface area (Å²) in [5.41, 5.74) is 4.35. The number of sulfonamides is 1. The largest absolute Gasteiger partial charge is 0.325 e. The lowest BCUT2D eigenvalue weighted by Gasteiger charge is -2.17. The van der Waals surface area contributed by atoms with E-state index >= 15 is 0 Å². The molecule has 0 saturated heterocycles. The van der Waals surface area contributed by atoms with Crippen LogP contribution in [0.25, 0.3) is 0 Å². The third kappa shape index (κ3) is 3.84. The maximum absolute atomic E-state index is 12.8. The van der Waals surface area contributed by atoms with Gasteiger partial charge in [-0.05, 0) is 41.5 Å². The maximum atomic E-state index is 12.8. The van der Waals surface area contributed by atoms with Gasteiger partial charge in [-0.15, -0.1) is 0 Å². The van der Waals surface area contributed by atoms with Crippen molar-refractivity contribution in [1.82, 2.24) is 0 Å². The highest BCUT2D eigenvalue weighted by atomic mass is 32.2. The van der Waals surface area contributed by atoms with E-state index in [-0.39, 0.29) is 5.91 Å². The summed E-state index contributed by atoms with van der Waals surface area (Å²) in [5, 5.41) is 2.93. The second-order valence-corrected chi connectivity index (χ2v) is 9.13.